The zero-order valence-corrected chi connectivity index (χ0v) is 13.0. The highest BCUT2D eigenvalue weighted by molar-refractivity contribution is 7.19. The van der Waals surface area contributed by atoms with Gasteiger partial charge in [0.2, 0.25) is 5.91 Å². The van der Waals surface area contributed by atoms with E-state index in [0.29, 0.717) is 13.0 Å². The Labute approximate surface area is 128 Å². The van der Waals surface area contributed by atoms with Gasteiger partial charge in [-0.05, 0) is 23.9 Å². The first-order chi connectivity index (χ1) is 10.1. The molecule has 0 radical (unpaired) electrons. The quantitative estimate of drug-likeness (QED) is 0.835. The third kappa shape index (κ3) is 4.29. The van der Waals surface area contributed by atoms with Crippen molar-refractivity contribution in [1.29, 1.82) is 0 Å². The van der Waals surface area contributed by atoms with E-state index in [1.165, 1.54) is 11.6 Å². The number of esters is 1. The van der Waals surface area contributed by atoms with Crippen LogP contribution in [0.5, 0.6) is 0 Å². The third-order valence-electron chi connectivity index (χ3n) is 2.99. The topological polar surface area (TPSA) is 55.4 Å². The lowest BCUT2D eigenvalue weighted by Crippen LogP contribution is -2.42. The number of carbonyl (C=O) groups excluding carboxylic acids is 2. The summed E-state index contributed by atoms with van der Waals surface area (Å²) in [6.45, 7) is 3.72. The Morgan fingerprint density at radius 3 is 2.76 bits per heavy atom. The maximum atomic E-state index is 12.0. The molecule has 2 rings (SSSR count). The van der Waals surface area contributed by atoms with Crippen molar-refractivity contribution in [3.8, 4) is 0 Å². The molecule has 0 saturated carbocycles. The van der Waals surface area contributed by atoms with E-state index in [1.807, 2.05) is 31.2 Å². The molecule has 112 valence electrons. The Hall–Kier alpha value is -1.88. The molecule has 0 aliphatic rings. The summed E-state index contributed by atoms with van der Waals surface area (Å²) in [5, 5.41) is 3.83. The predicted molar refractivity (Wildman–Crippen MR) is 84.4 cm³/mol. The van der Waals surface area contributed by atoms with Crippen molar-refractivity contribution in [2.45, 2.75) is 32.7 Å². The summed E-state index contributed by atoms with van der Waals surface area (Å²) in [6, 6.07) is 9.50. The number of ether oxygens (including phenoxy) is 1. The molecule has 0 bridgehead atoms. The molecule has 1 aromatic carbocycles. The lowest BCUT2D eigenvalue weighted by atomic mass is 10.1. The number of thiophene rings is 1. The molecule has 0 aliphatic carbocycles. The predicted octanol–water partition coefficient (Wildman–Crippen LogP) is 2.90. The minimum Gasteiger partial charge on any atom is -0.464 e. The van der Waals surface area contributed by atoms with Gasteiger partial charge in [-0.3, -0.25) is 4.79 Å². The van der Waals surface area contributed by atoms with Crippen molar-refractivity contribution in [2.75, 3.05) is 6.61 Å². The zero-order valence-electron chi connectivity index (χ0n) is 12.2. The van der Waals surface area contributed by atoms with Crippen LogP contribution in [0.1, 0.15) is 25.1 Å². The molecular weight excluding hydrogens is 286 g/mol. The molecule has 2 aromatic rings. The Balaban J connectivity index is 2.13. The molecule has 4 nitrogen and oxygen atoms in total. The number of nitrogens with one attached hydrogen (secondary N) is 1. The fourth-order valence-electron chi connectivity index (χ4n) is 2.08. The highest BCUT2D eigenvalue weighted by Gasteiger charge is 2.22. The number of fused-ring (bicyclic) bond motifs is 1. The molecular formula is C16H19NO3S. The van der Waals surface area contributed by atoms with Crippen LogP contribution in [0.3, 0.4) is 0 Å². The monoisotopic (exact) mass is 305 g/mol. The maximum Gasteiger partial charge on any atom is 0.329 e. The lowest BCUT2D eigenvalue weighted by Gasteiger charge is -2.15. The molecule has 21 heavy (non-hydrogen) atoms. The maximum absolute atomic E-state index is 12.0. The van der Waals surface area contributed by atoms with Gasteiger partial charge in [-0.1, -0.05) is 25.1 Å². The molecule has 1 aromatic heterocycles. The van der Waals surface area contributed by atoms with E-state index >= 15 is 0 Å². The van der Waals surface area contributed by atoms with Gasteiger partial charge < -0.3 is 10.1 Å². The Morgan fingerprint density at radius 1 is 1.33 bits per heavy atom. The second kappa shape index (κ2) is 7.22. The number of carbonyl (C=O) groups is 2. The van der Waals surface area contributed by atoms with Crippen LogP contribution in [0.4, 0.5) is 0 Å². The number of benzene rings is 1. The highest BCUT2D eigenvalue weighted by Crippen LogP contribution is 2.26. The molecule has 1 amide bonds. The first-order valence-corrected chi connectivity index (χ1v) is 7.83. The average Bonchev–Trinajstić information content (AvgIpc) is 2.85. The van der Waals surface area contributed by atoms with Gasteiger partial charge in [-0.25, -0.2) is 4.79 Å². The van der Waals surface area contributed by atoms with E-state index in [0.717, 1.165) is 16.7 Å². The Bertz CT molecular complexity index is 602. The zero-order chi connectivity index (χ0) is 15.2. The molecule has 0 saturated heterocycles. The van der Waals surface area contributed by atoms with Crippen molar-refractivity contribution in [3.05, 3.63) is 35.2 Å². The molecule has 1 heterocycles. The van der Waals surface area contributed by atoms with E-state index in [-0.39, 0.29) is 11.9 Å². The average molecular weight is 305 g/mol. The van der Waals surface area contributed by atoms with Crippen LogP contribution in [0.25, 0.3) is 10.1 Å². The minimum atomic E-state index is -0.623. The molecule has 1 atom stereocenters. The van der Waals surface area contributed by atoms with Crippen LogP contribution in [0.15, 0.2) is 30.3 Å². The standard InChI is InChI=1S/C16H19NO3S/c1-3-8-20-16(19)14(17-11(2)18)10-13-9-12-6-4-5-7-15(12)21-13/h4-7,9,14H,3,8,10H2,1-2H3,(H,17,18)/t14-/m0/s1. The lowest BCUT2D eigenvalue weighted by molar-refractivity contribution is -0.147. The third-order valence-corrected chi connectivity index (χ3v) is 4.13. The van der Waals surface area contributed by atoms with Crippen molar-refractivity contribution in [3.63, 3.8) is 0 Å². The van der Waals surface area contributed by atoms with Gasteiger partial charge in [0.05, 0.1) is 6.61 Å². The van der Waals surface area contributed by atoms with E-state index in [2.05, 4.69) is 11.4 Å². The normalized spacial score (nSPS) is 12.1. The van der Waals surface area contributed by atoms with Crippen LogP contribution >= 0.6 is 11.3 Å². The summed E-state index contributed by atoms with van der Waals surface area (Å²) >= 11 is 1.63. The molecule has 0 unspecified atom stereocenters. The number of hydrogen-bond acceptors (Lipinski definition) is 4. The van der Waals surface area contributed by atoms with E-state index in [9.17, 15) is 9.59 Å². The number of rotatable bonds is 6. The van der Waals surface area contributed by atoms with Crippen molar-refractivity contribution in [2.24, 2.45) is 0 Å². The molecule has 0 spiro atoms. The van der Waals surface area contributed by atoms with E-state index in [1.54, 1.807) is 11.3 Å². The largest absolute Gasteiger partial charge is 0.464 e. The van der Waals surface area contributed by atoms with Gasteiger partial charge in [0.25, 0.3) is 0 Å². The summed E-state index contributed by atoms with van der Waals surface area (Å²) in [4.78, 5) is 24.4. The summed E-state index contributed by atoms with van der Waals surface area (Å²) in [7, 11) is 0. The summed E-state index contributed by atoms with van der Waals surface area (Å²) in [5.74, 6) is -0.598. The Kier molecular flexibility index (Phi) is 5.33. The van der Waals surface area contributed by atoms with Crippen LogP contribution in [-0.4, -0.2) is 24.5 Å². The number of hydrogen-bond donors (Lipinski definition) is 1. The fourth-order valence-corrected chi connectivity index (χ4v) is 3.19. The van der Waals surface area contributed by atoms with Gasteiger partial charge in [0.15, 0.2) is 0 Å². The molecule has 0 fully saturated rings. The van der Waals surface area contributed by atoms with E-state index < -0.39 is 6.04 Å². The minimum absolute atomic E-state index is 0.227. The molecule has 0 aliphatic heterocycles. The van der Waals surface area contributed by atoms with Crippen LogP contribution in [-0.2, 0) is 20.7 Å². The second-order valence-electron chi connectivity index (χ2n) is 4.88. The number of amides is 1. The fraction of sp³-hybridized carbons (Fsp3) is 0.375. The van der Waals surface area contributed by atoms with Crippen LogP contribution < -0.4 is 5.32 Å². The summed E-state index contributed by atoms with van der Waals surface area (Å²) < 4.78 is 6.33. The Morgan fingerprint density at radius 2 is 2.10 bits per heavy atom. The summed E-state index contributed by atoms with van der Waals surface area (Å²) in [5.41, 5.74) is 0. The van der Waals surface area contributed by atoms with Crippen molar-refractivity contribution >= 4 is 33.3 Å². The van der Waals surface area contributed by atoms with Gasteiger partial charge in [-0.15, -0.1) is 11.3 Å². The first kappa shape index (κ1) is 15.5. The molecule has 5 heteroatoms. The highest BCUT2D eigenvalue weighted by atomic mass is 32.1. The summed E-state index contributed by atoms with van der Waals surface area (Å²) in [6.07, 6.45) is 1.23. The van der Waals surface area contributed by atoms with Crippen LogP contribution in [0.2, 0.25) is 0 Å². The van der Waals surface area contributed by atoms with Crippen LogP contribution in [0, 0.1) is 0 Å². The SMILES string of the molecule is CCCOC(=O)[C@H](Cc1cc2ccccc2s1)NC(C)=O. The second-order valence-corrected chi connectivity index (χ2v) is 6.04. The van der Waals surface area contributed by atoms with Crippen molar-refractivity contribution < 1.29 is 14.3 Å². The molecule has 1 N–H and O–H groups in total. The smallest absolute Gasteiger partial charge is 0.329 e. The first-order valence-electron chi connectivity index (χ1n) is 7.01. The van der Waals surface area contributed by atoms with Gasteiger partial charge in [0, 0.05) is 22.9 Å². The van der Waals surface area contributed by atoms with E-state index in [4.69, 9.17) is 4.74 Å². The van der Waals surface area contributed by atoms with Gasteiger partial charge in [-0.2, -0.15) is 0 Å². The van der Waals surface area contributed by atoms with Gasteiger partial charge >= 0.3 is 5.97 Å². The van der Waals surface area contributed by atoms with Crippen molar-refractivity contribution in [1.82, 2.24) is 5.32 Å². The van der Waals surface area contributed by atoms with Gasteiger partial charge in [0.1, 0.15) is 6.04 Å².